The monoisotopic (exact) mass is 266 g/mol. The highest BCUT2D eigenvalue weighted by Crippen LogP contribution is 2.28. The minimum absolute atomic E-state index is 0.806. The summed E-state index contributed by atoms with van der Waals surface area (Å²) in [6.45, 7) is 8.55. The SMILES string of the molecule is CCCC1CCC(NC2CCN(CCC)CC2)CC1. The summed E-state index contributed by atoms with van der Waals surface area (Å²) >= 11 is 0. The highest BCUT2D eigenvalue weighted by Gasteiger charge is 2.24. The van der Waals surface area contributed by atoms with Gasteiger partial charge in [0, 0.05) is 12.1 Å². The van der Waals surface area contributed by atoms with Gasteiger partial charge in [0.1, 0.15) is 0 Å². The van der Waals surface area contributed by atoms with Gasteiger partial charge in [0.2, 0.25) is 0 Å². The number of hydrogen-bond donors (Lipinski definition) is 1. The van der Waals surface area contributed by atoms with Crippen LogP contribution in [-0.2, 0) is 0 Å². The van der Waals surface area contributed by atoms with Gasteiger partial charge in [-0.05, 0) is 70.5 Å². The fraction of sp³-hybridized carbons (Fsp3) is 1.00. The van der Waals surface area contributed by atoms with Gasteiger partial charge < -0.3 is 10.2 Å². The van der Waals surface area contributed by atoms with E-state index < -0.39 is 0 Å². The molecule has 2 fully saturated rings. The van der Waals surface area contributed by atoms with Crippen LogP contribution in [0.25, 0.3) is 0 Å². The largest absolute Gasteiger partial charge is 0.311 e. The van der Waals surface area contributed by atoms with Crippen LogP contribution in [0.4, 0.5) is 0 Å². The van der Waals surface area contributed by atoms with Crippen LogP contribution in [0, 0.1) is 5.92 Å². The summed E-state index contributed by atoms with van der Waals surface area (Å²) in [4.78, 5) is 2.64. The topological polar surface area (TPSA) is 15.3 Å². The van der Waals surface area contributed by atoms with E-state index in [1.54, 1.807) is 0 Å². The molecular weight excluding hydrogens is 232 g/mol. The minimum Gasteiger partial charge on any atom is -0.311 e. The van der Waals surface area contributed by atoms with Crippen molar-refractivity contribution >= 4 is 0 Å². The Hall–Kier alpha value is -0.0800. The first-order chi connectivity index (χ1) is 9.31. The smallest absolute Gasteiger partial charge is 0.00940 e. The van der Waals surface area contributed by atoms with E-state index >= 15 is 0 Å². The molecule has 0 bridgehead atoms. The van der Waals surface area contributed by atoms with Crippen molar-refractivity contribution in [2.45, 2.75) is 83.7 Å². The summed E-state index contributed by atoms with van der Waals surface area (Å²) in [5.41, 5.74) is 0. The average Bonchev–Trinajstić information content (AvgIpc) is 2.44. The van der Waals surface area contributed by atoms with Crippen LogP contribution in [0.2, 0.25) is 0 Å². The maximum absolute atomic E-state index is 3.96. The van der Waals surface area contributed by atoms with Crippen molar-refractivity contribution in [3.63, 3.8) is 0 Å². The molecule has 1 aliphatic carbocycles. The van der Waals surface area contributed by atoms with Gasteiger partial charge >= 0.3 is 0 Å². The molecule has 1 heterocycles. The van der Waals surface area contributed by atoms with Crippen LogP contribution < -0.4 is 5.32 Å². The second-order valence-electron chi connectivity index (χ2n) is 6.79. The van der Waals surface area contributed by atoms with Crippen molar-refractivity contribution in [2.24, 2.45) is 5.92 Å². The molecule has 0 spiro atoms. The standard InChI is InChI=1S/C17H34N2/c1-3-5-15-6-8-16(9-7-15)18-17-10-13-19(12-4-2)14-11-17/h15-18H,3-14H2,1-2H3. The number of rotatable bonds is 6. The molecule has 112 valence electrons. The molecule has 2 rings (SSSR count). The quantitative estimate of drug-likeness (QED) is 0.786. The van der Waals surface area contributed by atoms with E-state index in [-0.39, 0.29) is 0 Å². The molecule has 1 saturated carbocycles. The molecule has 0 aromatic carbocycles. The highest BCUT2D eigenvalue weighted by atomic mass is 15.1. The molecule has 0 atom stereocenters. The van der Waals surface area contributed by atoms with Crippen molar-refractivity contribution in [3.8, 4) is 0 Å². The van der Waals surface area contributed by atoms with Gasteiger partial charge in [-0.3, -0.25) is 0 Å². The Morgan fingerprint density at radius 3 is 2.05 bits per heavy atom. The molecule has 0 aromatic rings. The first kappa shape index (κ1) is 15.3. The van der Waals surface area contributed by atoms with E-state index in [0.29, 0.717) is 0 Å². The molecule has 2 nitrogen and oxygen atoms in total. The second kappa shape index (κ2) is 8.26. The van der Waals surface area contributed by atoms with Crippen LogP contribution >= 0.6 is 0 Å². The Balaban J connectivity index is 1.61. The van der Waals surface area contributed by atoms with Gasteiger partial charge in [0.05, 0.1) is 0 Å². The Kier molecular flexibility index (Phi) is 6.66. The van der Waals surface area contributed by atoms with E-state index in [1.165, 1.54) is 77.4 Å². The Bertz CT molecular complexity index is 201. The zero-order valence-corrected chi connectivity index (χ0v) is 13.2. The number of nitrogens with one attached hydrogen (secondary N) is 1. The first-order valence-electron chi connectivity index (χ1n) is 8.80. The van der Waals surface area contributed by atoms with Gasteiger partial charge in [-0.2, -0.15) is 0 Å². The van der Waals surface area contributed by atoms with Crippen molar-refractivity contribution in [1.29, 1.82) is 0 Å². The Morgan fingerprint density at radius 1 is 0.842 bits per heavy atom. The lowest BCUT2D eigenvalue weighted by Crippen LogP contribution is -2.47. The molecule has 1 N–H and O–H groups in total. The summed E-state index contributed by atoms with van der Waals surface area (Å²) < 4.78 is 0. The molecule has 2 heteroatoms. The van der Waals surface area contributed by atoms with E-state index in [1.807, 2.05) is 0 Å². The summed E-state index contributed by atoms with van der Waals surface area (Å²) in [5, 5.41) is 3.96. The first-order valence-corrected chi connectivity index (χ1v) is 8.80. The number of piperidine rings is 1. The molecule has 0 unspecified atom stereocenters. The molecule has 0 radical (unpaired) electrons. The van der Waals surface area contributed by atoms with Crippen molar-refractivity contribution in [2.75, 3.05) is 19.6 Å². The fourth-order valence-corrected chi connectivity index (χ4v) is 4.00. The van der Waals surface area contributed by atoms with Gasteiger partial charge in [-0.25, -0.2) is 0 Å². The molecule has 1 aliphatic heterocycles. The third-order valence-electron chi connectivity index (χ3n) is 5.14. The molecule has 2 aliphatic rings. The van der Waals surface area contributed by atoms with Gasteiger partial charge in [0.25, 0.3) is 0 Å². The maximum Gasteiger partial charge on any atom is 0.00940 e. The minimum atomic E-state index is 0.806. The predicted molar refractivity (Wildman–Crippen MR) is 83.5 cm³/mol. The third kappa shape index (κ3) is 5.07. The van der Waals surface area contributed by atoms with Gasteiger partial charge in [-0.15, -0.1) is 0 Å². The summed E-state index contributed by atoms with van der Waals surface area (Å²) in [6.07, 6.45) is 12.7. The molecule has 0 amide bonds. The normalized spacial score (nSPS) is 30.6. The van der Waals surface area contributed by atoms with Crippen LogP contribution in [0.1, 0.15) is 71.6 Å². The van der Waals surface area contributed by atoms with Crippen LogP contribution in [0.5, 0.6) is 0 Å². The number of nitrogens with zero attached hydrogens (tertiary/aromatic N) is 1. The lowest BCUT2D eigenvalue weighted by molar-refractivity contribution is 0.177. The van der Waals surface area contributed by atoms with E-state index in [0.717, 1.165) is 18.0 Å². The third-order valence-corrected chi connectivity index (χ3v) is 5.14. The van der Waals surface area contributed by atoms with E-state index in [4.69, 9.17) is 0 Å². The van der Waals surface area contributed by atoms with E-state index in [2.05, 4.69) is 24.1 Å². The van der Waals surface area contributed by atoms with Crippen molar-refractivity contribution < 1.29 is 0 Å². The number of hydrogen-bond acceptors (Lipinski definition) is 2. The summed E-state index contributed by atoms with van der Waals surface area (Å²) in [5.74, 6) is 1.04. The number of likely N-dealkylation sites (tertiary alicyclic amines) is 1. The van der Waals surface area contributed by atoms with Crippen molar-refractivity contribution in [1.82, 2.24) is 10.2 Å². The summed E-state index contributed by atoms with van der Waals surface area (Å²) in [6, 6.07) is 1.64. The van der Waals surface area contributed by atoms with E-state index in [9.17, 15) is 0 Å². The van der Waals surface area contributed by atoms with Crippen LogP contribution in [0.3, 0.4) is 0 Å². The summed E-state index contributed by atoms with van der Waals surface area (Å²) in [7, 11) is 0. The maximum atomic E-state index is 3.96. The predicted octanol–water partition coefficient (Wildman–Crippen LogP) is 3.81. The zero-order chi connectivity index (χ0) is 13.5. The Labute approximate surface area is 120 Å². The fourth-order valence-electron chi connectivity index (χ4n) is 4.00. The molecule has 0 aromatic heterocycles. The van der Waals surface area contributed by atoms with Crippen molar-refractivity contribution in [3.05, 3.63) is 0 Å². The molecular formula is C17H34N2. The average molecular weight is 266 g/mol. The Morgan fingerprint density at radius 2 is 1.47 bits per heavy atom. The van der Waals surface area contributed by atoms with Crippen LogP contribution in [0.15, 0.2) is 0 Å². The zero-order valence-electron chi connectivity index (χ0n) is 13.2. The van der Waals surface area contributed by atoms with Gasteiger partial charge in [0.15, 0.2) is 0 Å². The molecule has 1 saturated heterocycles. The highest BCUT2D eigenvalue weighted by molar-refractivity contribution is 4.83. The lowest BCUT2D eigenvalue weighted by Gasteiger charge is -2.36. The van der Waals surface area contributed by atoms with Gasteiger partial charge in [-0.1, -0.05) is 26.7 Å². The lowest BCUT2D eigenvalue weighted by atomic mass is 9.83. The molecule has 19 heavy (non-hydrogen) atoms. The second-order valence-corrected chi connectivity index (χ2v) is 6.79. The van der Waals surface area contributed by atoms with Crippen LogP contribution in [-0.4, -0.2) is 36.6 Å².